The lowest BCUT2D eigenvalue weighted by atomic mass is 9.91. The maximum Gasteiger partial charge on any atom is 0.331 e. The molecule has 0 amide bonds. The highest BCUT2D eigenvalue weighted by Crippen LogP contribution is 2.44. The number of aliphatic carboxylic acids is 1. The predicted octanol–water partition coefficient (Wildman–Crippen LogP) is 5.99. The van der Waals surface area contributed by atoms with Crippen LogP contribution in [0.5, 0.6) is 11.5 Å². The van der Waals surface area contributed by atoms with Crippen molar-refractivity contribution in [2.75, 3.05) is 19.5 Å². The predicted molar refractivity (Wildman–Crippen MR) is 127 cm³/mol. The molecule has 0 fully saturated rings. The number of anilines is 1. The van der Waals surface area contributed by atoms with Gasteiger partial charge in [-0.25, -0.2) is 4.79 Å². The van der Waals surface area contributed by atoms with Gasteiger partial charge in [0.15, 0.2) is 0 Å². The first-order chi connectivity index (χ1) is 15.3. The number of hydrogen-bond donors (Lipinski definition) is 2. The molecule has 2 aromatic carbocycles. The molecule has 6 nitrogen and oxygen atoms in total. The van der Waals surface area contributed by atoms with Crippen LogP contribution in [0, 0.1) is 20.8 Å². The minimum atomic E-state index is -0.972. The van der Waals surface area contributed by atoms with E-state index in [-0.39, 0.29) is 5.57 Å². The highest BCUT2D eigenvalue weighted by atomic mass is 16.5. The quantitative estimate of drug-likeness (QED) is 0.423. The second-order valence-electron chi connectivity index (χ2n) is 7.68. The normalized spacial score (nSPS) is 11.4. The Balaban J connectivity index is 2.00. The third kappa shape index (κ3) is 4.64. The second kappa shape index (κ2) is 9.64. The van der Waals surface area contributed by atoms with Gasteiger partial charge in [-0.1, -0.05) is 12.1 Å². The smallest absolute Gasteiger partial charge is 0.331 e. The Morgan fingerprint density at radius 1 is 1.00 bits per heavy atom. The van der Waals surface area contributed by atoms with Crippen molar-refractivity contribution >= 4 is 17.7 Å². The van der Waals surface area contributed by atoms with Gasteiger partial charge in [0.25, 0.3) is 0 Å². The van der Waals surface area contributed by atoms with E-state index in [9.17, 15) is 9.90 Å². The average Bonchev–Trinajstić information content (AvgIpc) is 3.20. The van der Waals surface area contributed by atoms with Crippen LogP contribution in [0.3, 0.4) is 0 Å². The summed E-state index contributed by atoms with van der Waals surface area (Å²) in [7, 11) is 3.21. The largest absolute Gasteiger partial charge is 0.496 e. The number of furan rings is 1. The van der Waals surface area contributed by atoms with E-state index >= 15 is 0 Å². The fraction of sp³-hybridized carbons (Fsp3) is 0.269. The summed E-state index contributed by atoms with van der Waals surface area (Å²) in [6.07, 6.45) is 1.62. The van der Waals surface area contributed by atoms with Crippen LogP contribution in [0.4, 0.5) is 5.69 Å². The first-order valence-corrected chi connectivity index (χ1v) is 10.3. The van der Waals surface area contributed by atoms with Crippen LogP contribution in [0.2, 0.25) is 0 Å². The molecule has 0 atom stereocenters. The molecule has 1 heterocycles. The molecular formula is C26H29NO5. The van der Waals surface area contributed by atoms with Gasteiger partial charge in [-0.15, -0.1) is 0 Å². The van der Waals surface area contributed by atoms with Gasteiger partial charge in [0.1, 0.15) is 23.0 Å². The lowest BCUT2D eigenvalue weighted by Gasteiger charge is -2.21. The Morgan fingerprint density at radius 2 is 1.66 bits per heavy atom. The Hall–Kier alpha value is -3.67. The van der Waals surface area contributed by atoms with Crippen LogP contribution in [-0.2, 0) is 11.3 Å². The standard InChI is InChI=1S/C26H29NO5/c1-15(26(28)29)13-22-17(3)25(31-6)23(18(4)24(22)30-5)19-8-10-20(11-9-19)27-14-21-12-7-16(2)32-21/h7-13,27H,14H2,1-6H3,(H,28,29). The first kappa shape index (κ1) is 23.0. The van der Waals surface area contributed by atoms with Crippen molar-refractivity contribution in [1.29, 1.82) is 0 Å². The van der Waals surface area contributed by atoms with Crippen molar-refractivity contribution in [3.05, 3.63) is 70.2 Å². The maximum atomic E-state index is 11.4. The summed E-state index contributed by atoms with van der Waals surface area (Å²) in [5.74, 6) is 2.12. The molecule has 0 aliphatic carbocycles. The van der Waals surface area contributed by atoms with Crippen LogP contribution in [0.15, 0.2) is 46.4 Å². The summed E-state index contributed by atoms with van der Waals surface area (Å²) in [5.41, 5.74) is 5.50. The molecule has 3 aromatic rings. The van der Waals surface area contributed by atoms with Crippen molar-refractivity contribution in [1.82, 2.24) is 0 Å². The molecule has 32 heavy (non-hydrogen) atoms. The Bertz CT molecular complexity index is 1160. The van der Waals surface area contributed by atoms with Gasteiger partial charge in [-0.3, -0.25) is 0 Å². The number of carboxylic acid groups (broad SMARTS) is 1. The number of ether oxygens (including phenoxy) is 2. The number of methoxy groups -OCH3 is 2. The topological polar surface area (TPSA) is 80.9 Å². The van der Waals surface area contributed by atoms with E-state index in [1.807, 2.05) is 57.2 Å². The summed E-state index contributed by atoms with van der Waals surface area (Å²) in [6, 6.07) is 12.0. The molecule has 0 aliphatic heterocycles. The average molecular weight is 436 g/mol. The molecule has 168 valence electrons. The molecule has 0 saturated heterocycles. The second-order valence-corrected chi connectivity index (χ2v) is 7.68. The first-order valence-electron chi connectivity index (χ1n) is 10.3. The summed E-state index contributed by atoms with van der Waals surface area (Å²) in [5, 5.41) is 12.7. The lowest BCUT2D eigenvalue weighted by Crippen LogP contribution is -2.03. The molecule has 0 spiro atoms. The van der Waals surface area contributed by atoms with Gasteiger partial charge in [0, 0.05) is 33.5 Å². The van der Waals surface area contributed by atoms with E-state index in [0.717, 1.165) is 39.5 Å². The van der Waals surface area contributed by atoms with Crippen molar-refractivity contribution in [2.24, 2.45) is 0 Å². The van der Waals surface area contributed by atoms with Gasteiger partial charge < -0.3 is 24.3 Å². The highest BCUT2D eigenvalue weighted by Gasteiger charge is 2.22. The zero-order valence-electron chi connectivity index (χ0n) is 19.3. The number of aryl methyl sites for hydroxylation is 1. The molecule has 0 bridgehead atoms. The van der Waals surface area contributed by atoms with Crippen LogP contribution < -0.4 is 14.8 Å². The highest BCUT2D eigenvalue weighted by molar-refractivity contribution is 5.93. The monoisotopic (exact) mass is 435 g/mol. The van der Waals surface area contributed by atoms with Crippen LogP contribution >= 0.6 is 0 Å². The Kier molecular flexibility index (Phi) is 6.93. The summed E-state index contributed by atoms with van der Waals surface area (Å²) in [4.78, 5) is 11.4. The van der Waals surface area contributed by atoms with Gasteiger partial charge in [-0.2, -0.15) is 0 Å². The fourth-order valence-electron chi connectivity index (χ4n) is 3.81. The van der Waals surface area contributed by atoms with E-state index in [0.29, 0.717) is 23.6 Å². The summed E-state index contributed by atoms with van der Waals surface area (Å²) >= 11 is 0. The minimum absolute atomic E-state index is 0.225. The van der Waals surface area contributed by atoms with Crippen LogP contribution in [-0.4, -0.2) is 25.3 Å². The van der Waals surface area contributed by atoms with Gasteiger partial charge in [0.2, 0.25) is 0 Å². The maximum absolute atomic E-state index is 11.4. The van der Waals surface area contributed by atoms with Gasteiger partial charge >= 0.3 is 5.97 Å². The van der Waals surface area contributed by atoms with E-state index in [1.54, 1.807) is 27.2 Å². The van der Waals surface area contributed by atoms with E-state index in [2.05, 4.69) is 5.32 Å². The molecule has 0 aliphatic rings. The fourth-order valence-corrected chi connectivity index (χ4v) is 3.81. The molecule has 0 saturated carbocycles. The number of carboxylic acids is 1. The Morgan fingerprint density at radius 3 is 2.19 bits per heavy atom. The van der Waals surface area contributed by atoms with Gasteiger partial charge in [0.05, 0.1) is 20.8 Å². The van der Waals surface area contributed by atoms with Crippen molar-refractivity contribution in [3.63, 3.8) is 0 Å². The molecule has 3 rings (SSSR count). The van der Waals surface area contributed by atoms with Crippen molar-refractivity contribution < 1.29 is 23.8 Å². The zero-order valence-corrected chi connectivity index (χ0v) is 19.3. The molecule has 2 N–H and O–H groups in total. The number of hydrogen-bond acceptors (Lipinski definition) is 5. The lowest BCUT2D eigenvalue weighted by molar-refractivity contribution is -0.132. The van der Waals surface area contributed by atoms with Crippen molar-refractivity contribution in [3.8, 4) is 22.6 Å². The van der Waals surface area contributed by atoms with Crippen LogP contribution in [0.25, 0.3) is 17.2 Å². The molecule has 6 heteroatoms. The van der Waals surface area contributed by atoms with Gasteiger partial charge in [-0.05, 0) is 63.6 Å². The van der Waals surface area contributed by atoms with E-state index in [1.165, 1.54) is 0 Å². The number of carbonyl (C=O) groups is 1. The van der Waals surface area contributed by atoms with Crippen molar-refractivity contribution in [2.45, 2.75) is 34.2 Å². The third-order valence-electron chi connectivity index (χ3n) is 5.47. The SMILES string of the molecule is COc1c(C)c(-c2ccc(NCc3ccc(C)o3)cc2)c(OC)c(C)c1C=C(C)C(=O)O. The number of rotatable bonds is 8. The Labute approximate surface area is 188 Å². The van der Waals surface area contributed by atoms with Crippen LogP contribution in [0.1, 0.15) is 35.1 Å². The molecular weight excluding hydrogens is 406 g/mol. The zero-order chi connectivity index (χ0) is 23.4. The molecule has 0 unspecified atom stereocenters. The minimum Gasteiger partial charge on any atom is -0.496 e. The van der Waals surface area contributed by atoms with E-state index < -0.39 is 5.97 Å². The third-order valence-corrected chi connectivity index (χ3v) is 5.47. The number of nitrogens with one attached hydrogen (secondary N) is 1. The summed E-state index contributed by atoms with van der Waals surface area (Å²) < 4.78 is 17.1. The summed E-state index contributed by atoms with van der Waals surface area (Å²) in [6.45, 7) is 7.95. The molecule has 0 radical (unpaired) electrons. The number of benzene rings is 2. The van der Waals surface area contributed by atoms with E-state index in [4.69, 9.17) is 13.9 Å². The molecule has 1 aromatic heterocycles.